The second kappa shape index (κ2) is 7.55. The molecule has 0 aromatic heterocycles. The van der Waals surface area contributed by atoms with Crippen LogP contribution in [0.5, 0.6) is 0 Å². The number of rotatable bonds is 3. The minimum atomic E-state index is -0.241. The number of hydrogen-bond donors (Lipinski definition) is 0. The molecule has 7 heteroatoms. The molecule has 0 spiro atoms. The Labute approximate surface area is 145 Å². The number of nitrogens with zero attached hydrogens (tertiary/aromatic N) is 2. The summed E-state index contributed by atoms with van der Waals surface area (Å²) in [5, 5.41) is 0. The number of piperazine rings is 1. The molecule has 0 aliphatic carbocycles. The molecule has 1 amide bonds. The van der Waals surface area contributed by atoms with Gasteiger partial charge in [-0.3, -0.25) is 14.5 Å². The predicted octanol–water partition coefficient (Wildman–Crippen LogP) is 1.98. The Kier molecular flexibility index (Phi) is 6.00. The molecule has 0 bridgehead atoms. The van der Waals surface area contributed by atoms with E-state index in [-0.39, 0.29) is 18.4 Å². The molecule has 0 saturated carbocycles. The van der Waals surface area contributed by atoms with Crippen LogP contribution < -0.4 is 0 Å². The van der Waals surface area contributed by atoms with E-state index in [9.17, 15) is 9.59 Å². The fourth-order valence-corrected chi connectivity index (χ4v) is 3.10. The van der Waals surface area contributed by atoms with Gasteiger partial charge >= 0.3 is 5.97 Å². The molecule has 21 heavy (non-hydrogen) atoms. The van der Waals surface area contributed by atoms with Crippen molar-refractivity contribution in [1.29, 1.82) is 0 Å². The third-order valence-corrected chi connectivity index (χ3v) is 4.76. The first-order valence-corrected chi connectivity index (χ1v) is 8.42. The van der Waals surface area contributed by atoms with E-state index in [0.717, 1.165) is 8.04 Å². The van der Waals surface area contributed by atoms with Crippen molar-refractivity contribution in [2.45, 2.75) is 0 Å². The molecule has 0 N–H and O–H groups in total. The highest BCUT2D eigenvalue weighted by Crippen LogP contribution is 2.21. The second-order valence-corrected chi connectivity index (χ2v) is 6.87. The highest BCUT2D eigenvalue weighted by atomic mass is 127. The van der Waals surface area contributed by atoms with E-state index in [0.29, 0.717) is 31.7 Å². The average molecular weight is 467 g/mol. The minimum absolute atomic E-state index is 0.0260. The van der Waals surface area contributed by atoms with Crippen molar-refractivity contribution in [3.8, 4) is 0 Å². The molecule has 114 valence electrons. The van der Waals surface area contributed by atoms with Crippen molar-refractivity contribution in [1.82, 2.24) is 9.80 Å². The van der Waals surface area contributed by atoms with E-state index < -0.39 is 0 Å². The maximum atomic E-state index is 12.5. The van der Waals surface area contributed by atoms with Crippen LogP contribution in [0.25, 0.3) is 0 Å². The molecule has 2 rings (SSSR count). The molecular formula is C14H16BrIN2O3. The average Bonchev–Trinajstić information content (AvgIpc) is 2.49. The molecule has 0 atom stereocenters. The lowest BCUT2D eigenvalue weighted by atomic mass is 10.2. The number of ether oxygens (including phenoxy) is 1. The highest BCUT2D eigenvalue weighted by Gasteiger charge is 2.24. The fraction of sp³-hybridized carbons (Fsp3) is 0.429. The van der Waals surface area contributed by atoms with Gasteiger partial charge in [0.1, 0.15) is 0 Å². The fourth-order valence-electron chi connectivity index (χ4n) is 2.19. The van der Waals surface area contributed by atoms with Gasteiger partial charge in [-0.15, -0.1) is 0 Å². The zero-order chi connectivity index (χ0) is 15.4. The van der Waals surface area contributed by atoms with Crippen molar-refractivity contribution < 1.29 is 14.3 Å². The van der Waals surface area contributed by atoms with Crippen molar-refractivity contribution in [3.05, 3.63) is 31.8 Å². The van der Waals surface area contributed by atoms with E-state index in [2.05, 4.69) is 43.3 Å². The van der Waals surface area contributed by atoms with E-state index >= 15 is 0 Å². The van der Waals surface area contributed by atoms with E-state index in [1.807, 2.05) is 28.0 Å². The number of carbonyl (C=O) groups excluding carboxylic acids is 2. The topological polar surface area (TPSA) is 49.9 Å². The van der Waals surface area contributed by atoms with Crippen molar-refractivity contribution in [2.75, 3.05) is 39.8 Å². The summed E-state index contributed by atoms with van der Waals surface area (Å²) in [7, 11) is 1.39. The number of esters is 1. The molecule has 1 aliphatic heterocycles. The third kappa shape index (κ3) is 4.40. The summed E-state index contributed by atoms with van der Waals surface area (Å²) in [6.07, 6.45) is 0. The van der Waals surface area contributed by atoms with Crippen LogP contribution >= 0.6 is 38.5 Å². The number of carbonyl (C=O) groups is 2. The predicted molar refractivity (Wildman–Crippen MR) is 91.2 cm³/mol. The number of methoxy groups -OCH3 is 1. The molecule has 1 aliphatic rings. The largest absolute Gasteiger partial charge is 0.468 e. The summed E-state index contributed by atoms with van der Waals surface area (Å²) in [6, 6.07) is 5.73. The molecule has 1 saturated heterocycles. The quantitative estimate of drug-likeness (QED) is 0.505. The standard InChI is InChI=1S/C14H16BrIN2O3/c1-21-13(19)9-17-4-6-18(7-5-17)14(20)11-8-10(16)2-3-12(11)15/h2-3,8H,4-7,9H2,1H3. The number of halogens is 2. The van der Waals surface area contributed by atoms with Crippen LogP contribution in [0.1, 0.15) is 10.4 Å². The summed E-state index contributed by atoms with van der Waals surface area (Å²) in [6.45, 7) is 2.89. The monoisotopic (exact) mass is 466 g/mol. The van der Waals surface area contributed by atoms with Gasteiger partial charge in [-0.05, 0) is 56.7 Å². The highest BCUT2D eigenvalue weighted by molar-refractivity contribution is 14.1. The number of amides is 1. The van der Waals surface area contributed by atoms with Crippen LogP contribution in [0.4, 0.5) is 0 Å². The third-order valence-electron chi connectivity index (χ3n) is 3.40. The number of benzene rings is 1. The van der Waals surface area contributed by atoms with E-state index in [1.165, 1.54) is 7.11 Å². The Hall–Kier alpha value is -0.670. The lowest BCUT2D eigenvalue weighted by Gasteiger charge is -2.34. The SMILES string of the molecule is COC(=O)CN1CCN(C(=O)c2cc(I)ccc2Br)CC1. The van der Waals surface area contributed by atoms with Crippen LogP contribution in [-0.2, 0) is 9.53 Å². The second-order valence-electron chi connectivity index (χ2n) is 4.77. The van der Waals surface area contributed by atoms with E-state index in [1.54, 1.807) is 0 Å². The Bertz CT molecular complexity index is 545. The summed E-state index contributed by atoms with van der Waals surface area (Å²) in [5.41, 5.74) is 0.684. The van der Waals surface area contributed by atoms with Gasteiger partial charge in [0.15, 0.2) is 0 Å². The zero-order valence-electron chi connectivity index (χ0n) is 11.6. The van der Waals surface area contributed by atoms with Gasteiger partial charge in [0.05, 0.1) is 19.2 Å². The van der Waals surface area contributed by atoms with Crippen LogP contribution in [0, 0.1) is 3.57 Å². The van der Waals surface area contributed by atoms with Crippen LogP contribution in [0.15, 0.2) is 22.7 Å². The van der Waals surface area contributed by atoms with Gasteiger partial charge in [0.2, 0.25) is 0 Å². The molecule has 1 heterocycles. The maximum absolute atomic E-state index is 12.5. The van der Waals surface area contributed by atoms with Crippen LogP contribution in [-0.4, -0.2) is 61.5 Å². The van der Waals surface area contributed by atoms with Crippen molar-refractivity contribution >= 4 is 50.4 Å². The van der Waals surface area contributed by atoms with Crippen molar-refractivity contribution in [2.24, 2.45) is 0 Å². The van der Waals surface area contributed by atoms with Gasteiger partial charge in [0.25, 0.3) is 5.91 Å². The summed E-state index contributed by atoms with van der Waals surface area (Å²) in [4.78, 5) is 27.6. The molecule has 5 nitrogen and oxygen atoms in total. The molecule has 1 fully saturated rings. The van der Waals surface area contributed by atoms with Gasteiger partial charge in [0, 0.05) is 34.2 Å². The number of hydrogen-bond acceptors (Lipinski definition) is 4. The molecular weight excluding hydrogens is 451 g/mol. The molecule has 0 radical (unpaired) electrons. The Morgan fingerprint density at radius 3 is 2.57 bits per heavy atom. The Balaban J connectivity index is 1.97. The first-order chi connectivity index (χ1) is 10.0. The van der Waals surface area contributed by atoms with E-state index in [4.69, 9.17) is 0 Å². The van der Waals surface area contributed by atoms with Gasteiger partial charge in [-0.1, -0.05) is 0 Å². The first-order valence-electron chi connectivity index (χ1n) is 6.54. The lowest BCUT2D eigenvalue weighted by molar-refractivity contribution is -0.142. The Morgan fingerprint density at radius 2 is 1.95 bits per heavy atom. The first kappa shape index (κ1) is 16.7. The van der Waals surface area contributed by atoms with Crippen molar-refractivity contribution in [3.63, 3.8) is 0 Å². The maximum Gasteiger partial charge on any atom is 0.319 e. The summed E-state index contributed by atoms with van der Waals surface area (Å²) in [5.74, 6) is -0.215. The normalized spacial score (nSPS) is 15.9. The van der Waals surface area contributed by atoms with Crippen LogP contribution in [0.3, 0.4) is 0 Å². The van der Waals surface area contributed by atoms with Gasteiger partial charge < -0.3 is 9.64 Å². The Morgan fingerprint density at radius 1 is 1.29 bits per heavy atom. The van der Waals surface area contributed by atoms with Crippen LogP contribution in [0.2, 0.25) is 0 Å². The molecule has 0 unspecified atom stereocenters. The van der Waals surface area contributed by atoms with Gasteiger partial charge in [-0.2, -0.15) is 0 Å². The van der Waals surface area contributed by atoms with Gasteiger partial charge in [-0.25, -0.2) is 0 Å². The minimum Gasteiger partial charge on any atom is -0.468 e. The summed E-state index contributed by atoms with van der Waals surface area (Å²) < 4.78 is 6.50. The molecule has 1 aromatic carbocycles. The zero-order valence-corrected chi connectivity index (χ0v) is 15.4. The smallest absolute Gasteiger partial charge is 0.319 e. The lowest BCUT2D eigenvalue weighted by Crippen LogP contribution is -2.50. The summed E-state index contributed by atoms with van der Waals surface area (Å²) >= 11 is 5.62. The molecule has 1 aromatic rings.